The van der Waals surface area contributed by atoms with Crippen LogP contribution in [0.3, 0.4) is 0 Å². The van der Waals surface area contributed by atoms with Gasteiger partial charge in [-0.2, -0.15) is 0 Å². The van der Waals surface area contributed by atoms with Gasteiger partial charge in [-0.05, 0) is 0 Å². The summed E-state index contributed by atoms with van der Waals surface area (Å²) in [6, 6.07) is 22.6. The zero-order valence-corrected chi connectivity index (χ0v) is 21.8. The van der Waals surface area contributed by atoms with Crippen molar-refractivity contribution < 1.29 is 60.1 Å². The molecule has 0 radical (unpaired) electrons. The molecular weight excluding hydrogens is 568 g/mol. The number of hydrogen-bond donors (Lipinski definition) is 0. The zero-order valence-electron chi connectivity index (χ0n) is 15.0. The van der Waals surface area contributed by atoms with E-state index >= 15 is 0 Å². The smallest absolute Gasteiger partial charge is 1.00 e. The molecule has 3 rings (SSSR count). The molecule has 0 heterocycles. The summed E-state index contributed by atoms with van der Waals surface area (Å²) in [6.45, 7) is 4.86. The predicted molar refractivity (Wildman–Crippen MR) is 99.1 cm³/mol. The number of allylic oxidation sites excluding steroid dienone is 4. The van der Waals surface area contributed by atoms with E-state index in [1.807, 2.05) is 0 Å². The minimum absolute atomic E-state index is 0. The van der Waals surface area contributed by atoms with E-state index in [9.17, 15) is 0 Å². The van der Waals surface area contributed by atoms with E-state index < -0.39 is 22.9 Å². The first-order valence-corrected chi connectivity index (χ1v) is 14.1. The Balaban J connectivity index is 0.00000208. The van der Waals surface area contributed by atoms with Crippen molar-refractivity contribution in [2.24, 2.45) is 0 Å². The minimum Gasteiger partial charge on any atom is -1.00 e. The maximum absolute atomic E-state index is 2.43. The van der Waals surface area contributed by atoms with Gasteiger partial charge in [0.1, 0.15) is 0 Å². The van der Waals surface area contributed by atoms with Gasteiger partial charge < -0.3 is 37.2 Å². The first kappa shape index (κ1) is 26.1. The van der Waals surface area contributed by atoms with E-state index in [4.69, 9.17) is 0 Å². The van der Waals surface area contributed by atoms with Crippen LogP contribution in [-0.4, -0.2) is 19.5 Å². The average Bonchev–Trinajstić information content (AvgIpc) is 3.08. The maximum atomic E-state index is 2.43. The Hall–Kier alpha value is 0.0901. The minimum atomic E-state index is -1.05. The second kappa shape index (κ2) is 12.5. The van der Waals surface area contributed by atoms with Crippen LogP contribution in [0.4, 0.5) is 0 Å². The molecule has 0 bridgehead atoms. The number of halogens is 3. The van der Waals surface area contributed by atoms with Crippen molar-refractivity contribution in [2.45, 2.75) is 9.59 Å². The van der Waals surface area contributed by atoms with E-state index in [0.29, 0.717) is 0 Å². The van der Waals surface area contributed by atoms with E-state index in [1.54, 1.807) is 14.5 Å². The summed E-state index contributed by atoms with van der Waals surface area (Å²) in [5.74, 6) is 0. The SMILES string of the molecule is CP(C)C[C]([Hf+3][C]1=CC=CC1)(c1ccccc1)c1ccccc1.[Cl-].[Cl-].[Cl-]. The van der Waals surface area contributed by atoms with Crippen LogP contribution in [0.2, 0.25) is 0 Å². The van der Waals surface area contributed by atoms with E-state index in [2.05, 4.69) is 92.2 Å². The third kappa shape index (κ3) is 6.32. The summed E-state index contributed by atoms with van der Waals surface area (Å²) < 4.78 is 2.03. The molecule has 0 saturated carbocycles. The number of hydrogen-bond acceptors (Lipinski definition) is 0. The van der Waals surface area contributed by atoms with Crippen LogP contribution in [0.25, 0.3) is 0 Å². The molecule has 1 aliphatic carbocycles. The van der Waals surface area contributed by atoms with Crippen LogP contribution < -0.4 is 37.2 Å². The Morgan fingerprint density at radius 2 is 1.35 bits per heavy atom. The molecular formula is C21H23Cl3HfP. The topological polar surface area (TPSA) is 0 Å². The first-order valence-electron chi connectivity index (χ1n) is 8.10. The van der Waals surface area contributed by atoms with Crippen molar-refractivity contribution in [3.05, 3.63) is 93.3 Å². The second-order valence-electron chi connectivity index (χ2n) is 6.32. The Kier molecular flexibility index (Phi) is 12.6. The van der Waals surface area contributed by atoms with Gasteiger partial charge in [0.2, 0.25) is 0 Å². The van der Waals surface area contributed by atoms with Gasteiger partial charge in [0.25, 0.3) is 0 Å². The fourth-order valence-electron chi connectivity index (χ4n) is 3.27. The van der Waals surface area contributed by atoms with Crippen LogP contribution in [0.5, 0.6) is 0 Å². The summed E-state index contributed by atoms with van der Waals surface area (Å²) in [7, 11) is 0.0451. The normalized spacial score (nSPS) is 12.3. The van der Waals surface area contributed by atoms with Gasteiger partial charge >= 0.3 is 153 Å². The van der Waals surface area contributed by atoms with Gasteiger partial charge in [0, 0.05) is 0 Å². The molecule has 0 nitrogen and oxygen atoms in total. The van der Waals surface area contributed by atoms with Gasteiger partial charge in [-0.1, -0.05) is 0 Å². The Bertz CT molecular complexity index is 660. The average molecular weight is 591 g/mol. The molecule has 0 saturated heterocycles. The maximum Gasteiger partial charge on any atom is -1.00 e. The van der Waals surface area contributed by atoms with Crippen molar-refractivity contribution in [1.29, 1.82) is 0 Å². The monoisotopic (exact) mass is 591 g/mol. The van der Waals surface area contributed by atoms with Crippen molar-refractivity contribution >= 4 is 7.92 Å². The largest absolute Gasteiger partial charge is 1.00 e. The van der Waals surface area contributed by atoms with Gasteiger partial charge in [0.15, 0.2) is 0 Å². The fourth-order valence-corrected chi connectivity index (χ4v) is 14.6. The van der Waals surface area contributed by atoms with Crippen molar-refractivity contribution in [3.8, 4) is 0 Å². The standard InChI is InChI=1S/C16H18P.C5H5.3ClH.Hf/c1-17(2)13-16(14-9-5-3-6-10-14)15-11-7-4-8-12-15;1-2-4-5-3-1;;;;/h3-12H,13H2,1-2H3;1-3H,4H2;3*1H;/q;;;;;+3/p-3. The summed E-state index contributed by atoms with van der Waals surface area (Å²) in [5.41, 5.74) is 3.08. The van der Waals surface area contributed by atoms with Crippen LogP contribution in [0, 0.1) is 0 Å². The van der Waals surface area contributed by atoms with Crippen molar-refractivity contribution in [2.75, 3.05) is 19.5 Å². The predicted octanol–water partition coefficient (Wildman–Crippen LogP) is -3.39. The Morgan fingerprint density at radius 3 is 1.73 bits per heavy atom. The van der Waals surface area contributed by atoms with Crippen molar-refractivity contribution in [3.63, 3.8) is 0 Å². The summed E-state index contributed by atoms with van der Waals surface area (Å²) >= 11 is -1.05. The molecule has 1 aliphatic rings. The van der Waals surface area contributed by atoms with Gasteiger partial charge in [-0.3, -0.25) is 0 Å². The van der Waals surface area contributed by atoms with Crippen LogP contribution in [-0.2, 0) is 26.1 Å². The molecule has 0 aliphatic heterocycles. The Labute approximate surface area is 189 Å². The third-order valence-electron chi connectivity index (χ3n) is 4.23. The number of benzene rings is 2. The van der Waals surface area contributed by atoms with Crippen LogP contribution in [0.15, 0.2) is 82.2 Å². The molecule has 2 aromatic carbocycles. The molecule has 0 amide bonds. The van der Waals surface area contributed by atoms with Crippen LogP contribution >= 0.6 is 7.92 Å². The number of rotatable bonds is 6. The van der Waals surface area contributed by atoms with E-state index in [0.717, 1.165) is 0 Å². The molecule has 0 spiro atoms. The van der Waals surface area contributed by atoms with Gasteiger partial charge in [0.05, 0.1) is 0 Å². The quantitative estimate of drug-likeness (QED) is 0.243. The zero-order chi connectivity index (χ0) is 16.1. The summed E-state index contributed by atoms with van der Waals surface area (Å²) in [6.07, 6.45) is 9.48. The molecule has 26 heavy (non-hydrogen) atoms. The molecule has 0 N–H and O–H groups in total. The molecule has 0 unspecified atom stereocenters. The molecule has 137 valence electrons. The van der Waals surface area contributed by atoms with Crippen LogP contribution in [0.1, 0.15) is 17.5 Å². The van der Waals surface area contributed by atoms with E-state index in [-0.39, 0.29) is 48.3 Å². The molecule has 0 atom stereocenters. The molecule has 5 heteroatoms. The first-order chi connectivity index (χ1) is 11.2. The van der Waals surface area contributed by atoms with Gasteiger partial charge in [-0.25, -0.2) is 0 Å². The fraction of sp³-hybridized carbons (Fsp3) is 0.238. The van der Waals surface area contributed by atoms with E-state index in [1.165, 1.54) is 12.6 Å². The molecule has 0 fully saturated rings. The molecule has 2 aromatic rings. The van der Waals surface area contributed by atoms with Gasteiger partial charge in [-0.15, -0.1) is 0 Å². The third-order valence-corrected chi connectivity index (χ3v) is 13.1. The summed E-state index contributed by atoms with van der Waals surface area (Å²) in [4.78, 5) is 0. The second-order valence-corrected chi connectivity index (χ2v) is 15.1. The Morgan fingerprint density at radius 1 is 0.846 bits per heavy atom. The van der Waals surface area contributed by atoms with Crippen molar-refractivity contribution in [1.82, 2.24) is 0 Å². The molecule has 0 aromatic heterocycles. The summed E-state index contributed by atoms with van der Waals surface area (Å²) in [5, 5.41) is 0.